The zero-order chi connectivity index (χ0) is 6.10. The first-order valence-corrected chi connectivity index (χ1v) is 3.08. The zero-order valence-corrected chi connectivity index (χ0v) is 5.00. The fraction of sp³-hybridized carbons (Fsp3) is 0.500. The van der Waals surface area contributed by atoms with Crippen LogP contribution in [0.15, 0.2) is 16.8 Å². The number of nitrogens with zero attached hydrogens (tertiary/aromatic N) is 1. The number of hydrogen-bond donors (Lipinski definition) is 1. The van der Waals surface area contributed by atoms with Crippen LogP contribution in [0.2, 0.25) is 0 Å². The normalized spacial score (nSPS) is 31.1. The molecule has 48 valence electrons. The molecule has 0 aromatic rings. The maximum atomic E-state index is 5.02. The molecule has 1 atom stereocenters. The van der Waals surface area contributed by atoms with Crippen LogP contribution in [0.4, 0.5) is 0 Å². The Morgan fingerprint density at radius 3 is 3.67 bits per heavy atom. The molecule has 2 aliphatic heterocycles. The number of hydroxylamine groups is 1. The van der Waals surface area contributed by atoms with E-state index in [4.69, 9.17) is 4.84 Å². The zero-order valence-electron chi connectivity index (χ0n) is 5.00. The molecule has 0 amide bonds. The van der Waals surface area contributed by atoms with Gasteiger partial charge in [0.2, 0.25) is 0 Å². The van der Waals surface area contributed by atoms with E-state index in [1.165, 1.54) is 5.57 Å². The summed E-state index contributed by atoms with van der Waals surface area (Å²) in [6, 6.07) is 0. The van der Waals surface area contributed by atoms with Crippen molar-refractivity contribution in [1.29, 1.82) is 0 Å². The van der Waals surface area contributed by atoms with E-state index in [9.17, 15) is 0 Å². The summed E-state index contributed by atoms with van der Waals surface area (Å²) in [6.45, 7) is 0. The first-order chi connectivity index (χ1) is 4.47. The second-order valence-corrected chi connectivity index (χ2v) is 2.18. The summed E-state index contributed by atoms with van der Waals surface area (Å²) in [4.78, 5) is 9.13. The molecule has 0 radical (unpaired) electrons. The molecule has 0 spiro atoms. The van der Waals surface area contributed by atoms with Crippen molar-refractivity contribution < 1.29 is 4.84 Å². The third-order valence-electron chi connectivity index (χ3n) is 1.54. The predicted molar refractivity (Wildman–Crippen MR) is 33.8 cm³/mol. The van der Waals surface area contributed by atoms with Crippen LogP contribution in [0.25, 0.3) is 0 Å². The van der Waals surface area contributed by atoms with E-state index >= 15 is 0 Å². The Morgan fingerprint density at radius 2 is 2.78 bits per heavy atom. The smallest absolute Gasteiger partial charge is 0.197 e. The summed E-state index contributed by atoms with van der Waals surface area (Å²) >= 11 is 0. The highest BCUT2D eigenvalue weighted by Gasteiger charge is 2.20. The van der Waals surface area contributed by atoms with E-state index in [0.29, 0.717) is 0 Å². The van der Waals surface area contributed by atoms with Gasteiger partial charge < -0.3 is 0 Å². The molecule has 0 aromatic heterocycles. The largest absolute Gasteiger partial charge is 0.271 e. The molecule has 3 heteroatoms. The van der Waals surface area contributed by atoms with Crippen molar-refractivity contribution in [3.63, 3.8) is 0 Å². The SMILES string of the molecule is C1=NC2ONC=C2CC1. The van der Waals surface area contributed by atoms with Crippen LogP contribution in [0, 0.1) is 0 Å². The average molecular weight is 124 g/mol. The maximum Gasteiger partial charge on any atom is 0.197 e. The van der Waals surface area contributed by atoms with Crippen molar-refractivity contribution in [2.45, 2.75) is 19.1 Å². The van der Waals surface area contributed by atoms with E-state index in [0.717, 1.165) is 12.8 Å². The summed E-state index contributed by atoms with van der Waals surface area (Å²) in [5.41, 5.74) is 3.95. The number of fused-ring (bicyclic) bond motifs is 1. The lowest BCUT2D eigenvalue weighted by Crippen LogP contribution is -2.13. The first kappa shape index (κ1) is 4.99. The van der Waals surface area contributed by atoms with Gasteiger partial charge in [-0.1, -0.05) is 0 Å². The van der Waals surface area contributed by atoms with Crippen molar-refractivity contribution >= 4 is 6.21 Å². The molecule has 0 aliphatic carbocycles. The molecule has 2 heterocycles. The standard InChI is InChI=1S/C6H8N2O/c1-2-5-4-8-9-6(5)7-3-1/h3-4,6,8H,1-2H2. The van der Waals surface area contributed by atoms with Gasteiger partial charge >= 0.3 is 0 Å². The molecule has 0 saturated carbocycles. The molecule has 0 saturated heterocycles. The highest BCUT2D eigenvalue weighted by Crippen LogP contribution is 2.20. The molecule has 2 aliphatic rings. The van der Waals surface area contributed by atoms with Gasteiger partial charge in [-0.2, -0.15) is 0 Å². The lowest BCUT2D eigenvalue weighted by Gasteiger charge is -2.10. The second-order valence-electron chi connectivity index (χ2n) is 2.18. The van der Waals surface area contributed by atoms with Crippen LogP contribution in [0.1, 0.15) is 12.8 Å². The Morgan fingerprint density at radius 1 is 1.78 bits per heavy atom. The van der Waals surface area contributed by atoms with Crippen molar-refractivity contribution in [2.24, 2.45) is 4.99 Å². The molecule has 3 nitrogen and oxygen atoms in total. The molecule has 2 rings (SSSR count). The van der Waals surface area contributed by atoms with Crippen molar-refractivity contribution in [3.05, 3.63) is 11.8 Å². The van der Waals surface area contributed by atoms with Gasteiger partial charge in [-0.15, -0.1) is 0 Å². The quantitative estimate of drug-likeness (QED) is 0.513. The van der Waals surface area contributed by atoms with Crippen LogP contribution in [-0.2, 0) is 4.84 Å². The average Bonchev–Trinajstić information content (AvgIpc) is 2.33. The lowest BCUT2D eigenvalue weighted by molar-refractivity contribution is 0.0467. The maximum absolute atomic E-state index is 5.02. The molecule has 0 fully saturated rings. The number of nitrogens with one attached hydrogen (secondary N) is 1. The highest BCUT2D eigenvalue weighted by atomic mass is 16.7. The first-order valence-electron chi connectivity index (χ1n) is 3.08. The Labute approximate surface area is 53.4 Å². The van der Waals surface area contributed by atoms with Gasteiger partial charge in [-0.25, -0.2) is 4.84 Å². The minimum atomic E-state index is -0.0150. The third-order valence-corrected chi connectivity index (χ3v) is 1.54. The lowest BCUT2D eigenvalue weighted by atomic mass is 10.1. The van der Waals surface area contributed by atoms with E-state index < -0.39 is 0 Å². The molecule has 9 heavy (non-hydrogen) atoms. The second kappa shape index (κ2) is 1.84. The Bertz CT molecular complexity index is 174. The summed E-state index contributed by atoms with van der Waals surface area (Å²) in [5, 5.41) is 0. The van der Waals surface area contributed by atoms with Gasteiger partial charge in [-0.3, -0.25) is 10.5 Å². The minimum Gasteiger partial charge on any atom is -0.271 e. The van der Waals surface area contributed by atoms with Gasteiger partial charge in [0.1, 0.15) is 0 Å². The van der Waals surface area contributed by atoms with Crippen LogP contribution in [0.3, 0.4) is 0 Å². The molecule has 0 aromatic carbocycles. The topological polar surface area (TPSA) is 33.6 Å². The summed E-state index contributed by atoms with van der Waals surface area (Å²) in [7, 11) is 0. The molecular formula is C6H8N2O. The molecular weight excluding hydrogens is 116 g/mol. The van der Waals surface area contributed by atoms with Crippen LogP contribution < -0.4 is 5.48 Å². The Hall–Kier alpha value is -0.830. The van der Waals surface area contributed by atoms with E-state index in [1.807, 2.05) is 12.4 Å². The number of rotatable bonds is 0. The summed E-state index contributed by atoms with van der Waals surface area (Å²) < 4.78 is 0. The van der Waals surface area contributed by atoms with Gasteiger partial charge in [0, 0.05) is 18.0 Å². The van der Waals surface area contributed by atoms with Crippen molar-refractivity contribution in [1.82, 2.24) is 5.48 Å². The molecule has 1 N–H and O–H groups in total. The Kier molecular flexibility index (Phi) is 1.02. The summed E-state index contributed by atoms with van der Waals surface area (Å²) in [5.74, 6) is 0. The van der Waals surface area contributed by atoms with Crippen LogP contribution in [0.5, 0.6) is 0 Å². The van der Waals surface area contributed by atoms with E-state index in [1.54, 1.807) is 0 Å². The van der Waals surface area contributed by atoms with E-state index in [2.05, 4.69) is 10.5 Å². The van der Waals surface area contributed by atoms with E-state index in [-0.39, 0.29) is 6.23 Å². The fourth-order valence-electron chi connectivity index (χ4n) is 1.04. The third kappa shape index (κ3) is 0.733. The van der Waals surface area contributed by atoms with Gasteiger partial charge in [0.15, 0.2) is 6.23 Å². The van der Waals surface area contributed by atoms with Gasteiger partial charge in [0.05, 0.1) is 0 Å². The van der Waals surface area contributed by atoms with Gasteiger partial charge in [-0.05, 0) is 12.8 Å². The monoisotopic (exact) mass is 124 g/mol. The van der Waals surface area contributed by atoms with Crippen molar-refractivity contribution in [3.8, 4) is 0 Å². The summed E-state index contributed by atoms with van der Waals surface area (Å²) in [6.07, 6.45) is 5.92. The fourth-order valence-corrected chi connectivity index (χ4v) is 1.04. The van der Waals surface area contributed by atoms with Crippen LogP contribution >= 0.6 is 0 Å². The predicted octanol–water partition coefficient (Wildman–Crippen LogP) is 0.596. The molecule has 1 unspecified atom stereocenters. The minimum absolute atomic E-state index is 0.0150. The Balaban J connectivity index is 2.23. The van der Waals surface area contributed by atoms with Crippen molar-refractivity contribution in [2.75, 3.05) is 0 Å². The number of hydrogen-bond acceptors (Lipinski definition) is 3. The number of aliphatic imine (C=N–C) groups is 1. The highest BCUT2D eigenvalue weighted by molar-refractivity contribution is 5.60. The molecule has 0 bridgehead atoms. The van der Waals surface area contributed by atoms with Crippen LogP contribution in [-0.4, -0.2) is 12.4 Å². The van der Waals surface area contributed by atoms with Gasteiger partial charge in [0.25, 0.3) is 0 Å².